The Morgan fingerprint density at radius 1 is 0.923 bits per heavy atom. The van der Waals surface area contributed by atoms with Crippen LogP contribution in [-0.4, -0.2) is 10.9 Å². The fourth-order valence-corrected chi connectivity index (χ4v) is 2.54. The highest BCUT2D eigenvalue weighted by molar-refractivity contribution is 5.90. The molecule has 3 rings (SSSR count). The van der Waals surface area contributed by atoms with Gasteiger partial charge in [-0.05, 0) is 17.2 Å². The second-order valence-electron chi connectivity index (χ2n) is 5.53. The summed E-state index contributed by atoms with van der Waals surface area (Å²) in [4.78, 5) is 22.4. The number of ether oxygens (including phenoxy) is 1. The number of nitro groups is 1. The van der Waals surface area contributed by atoms with Crippen molar-refractivity contribution in [2.24, 2.45) is 0 Å². The summed E-state index contributed by atoms with van der Waals surface area (Å²) < 4.78 is 19.7. The SMILES string of the molecule is O=C(OC(c1ccccc1)c1ccccc1)c1ccc([N+](=O)[O-])cc1F. The number of rotatable bonds is 5. The van der Waals surface area contributed by atoms with Crippen molar-refractivity contribution in [2.45, 2.75) is 6.10 Å². The standard InChI is InChI=1S/C20H14FNO4/c21-18-13-16(22(24)25)11-12-17(18)20(23)26-19(14-7-3-1-4-8-14)15-9-5-2-6-10-15/h1-13,19H. The molecule has 6 heteroatoms. The summed E-state index contributed by atoms with van der Waals surface area (Å²) in [5.74, 6) is -1.89. The third-order valence-electron chi connectivity index (χ3n) is 3.81. The smallest absolute Gasteiger partial charge is 0.342 e. The monoisotopic (exact) mass is 351 g/mol. The van der Waals surface area contributed by atoms with Gasteiger partial charge in [-0.15, -0.1) is 0 Å². The Labute approximate surface area is 148 Å². The molecule has 0 aliphatic carbocycles. The van der Waals surface area contributed by atoms with E-state index in [9.17, 15) is 19.3 Å². The van der Waals surface area contributed by atoms with Gasteiger partial charge in [0.2, 0.25) is 0 Å². The molecule has 0 aromatic heterocycles. The van der Waals surface area contributed by atoms with Gasteiger partial charge >= 0.3 is 5.97 Å². The molecule has 0 saturated heterocycles. The Hall–Kier alpha value is -3.54. The van der Waals surface area contributed by atoms with Crippen molar-refractivity contribution in [3.63, 3.8) is 0 Å². The van der Waals surface area contributed by atoms with Crippen molar-refractivity contribution in [3.05, 3.63) is 111 Å². The van der Waals surface area contributed by atoms with E-state index >= 15 is 0 Å². The average molecular weight is 351 g/mol. The first-order valence-corrected chi connectivity index (χ1v) is 7.81. The highest BCUT2D eigenvalue weighted by Gasteiger charge is 2.23. The predicted molar refractivity (Wildman–Crippen MR) is 93.2 cm³/mol. The summed E-state index contributed by atoms with van der Waals surface area (Å²) in [6.07, 6.45) is -0.723. The molecule has 5 nitrogen and oxygen atoms in total. The molecule has 0 spiro atoms. The number of halogens is 1. The quantitative estimate of drug-likeness (QED) is 0.380. The third kappa shape index (κ3) is 3.75. The first-order chi connectivity index (χ1) is 12.6. The zero-order chi connectivity index (χ0) is 18.5. The fourth-order valence-electron chi connectivity index (χ4n) is 2.54. The van der Waals surface area contributed by atoms with Gasteiger partial charge in [-0.25, -0.2) is 9.18 Å². The molecule has 130 valence electrons. The number of non-ortho nitro benzene ring substituents is 1. The van der Waals surface area contributed by atoms with Crippen LogP contribution >= 0.6 is 0 Å². The maximum Gasteiger partial charge on any atom is 0.342 e. The number of hydrogen-bond donors (Lipinski definition) is 0. The van der Waals surface area contributed by atoms with Crippen molar-refractivity contribution in [2.75, 3.05) is 0 Å². The highest BCUT2D eigenvalue weighted by atomic mass is 19.1. The Morgan fingerprint density at radius 3 is 1.92 bits per heavy atom. The third-order valence-corrected chi connectivity index (χ3v) is 3.81. The van der Waals surface area contributed by atoms with Crippen LogP contribution in [-0.2, 0) is 4.74 Å². The molecule has 0 bridgehead atoms. The number of esters is 1. The largest absolute Gasteiger partial charge is 0.449 e. The van der Waals surface area contributed by atoms with Crippen molar-refractivity contribution in [1.29, 1.82) is 0 Å². The molecule has 0 aliphatic rings. The summed E-state index contributed by atoms with van der Waals surface area (Å²) in [6, 6.07) is 21.0. The molecule has 0 aliphatic heterocycles. The van der Waals surface area contributed by atoms with Gasteiger partial charge < -0.3 is 4.74 Å². The summed E-state index contributed by atoms with van der Waals surface area (Å²) in [6.45, 7) is 0. The van der Waals surface area contributed by atoms with Crippen LogP contribution in [0.1, 0.15) is 27.6 Å². The van der Waals surface area contributed by atoms with Crippen molar-refractivity contribution in [3.8, 4) is 0 Å². The van der Waals surface area contributed by atoms with Crippen LogP contribution < -0.4 is 0 Å². The molecule has 0 fully saturated rings. The minimum absolute atomic E-state index is 0.354. The van der Waals surface area contributed by atoms with Gasteiger partial charge in [-0.2, -0.15) is 0 Å². The Morgan fingerprint density at radius 2 is 1.46 bits per heavy atom. The summed E-state index contributed by atoms with van der Waals surface area (Å²) in [7, 11) is 0. The van der Waals surface area contributed by atoms with E-state index in [0.29, 0.717) is 6.07 Å². The fraction of sp³-hybridized carbons (Fsp3) is 0.0500. The summed E-state index contributed by atoms with van der Waals surface area (Å²) in [5.41, 5.74) is 0.679. The van der Waals surface area contributed by atoms with E-state index in [0.717, 1.165) is 23.3 Å². The Balaban J connectivity index is 1.92. The van der Waals surface area contributed by atoms with E-state index in [-0.39, 0.29) is 5.56 Å². The normalized spacial score (nSPS) is 10.5. The molecule has 0 atom stereocenters. The van der Waals surface area contributed by atoms with Gasteiger partial charge in [-0.3, -0.25) is 10.1 Å². The van der Waals surface area contributed by atoms with Crippen LogP contribution in [0, 0.1) is 15.9 Å². The van der Waals surface area contributed by atoms with E-state index in [2.05, 4.69) is 0 Å². The van der Waals surface area contributed by atoms with Crippen LogP contribution in [0.2, 0.25) is 0 Å². The molecule has 0 amide bonds. The van der Waals surface area contributed by atoms with Crippen molar-refractivity contribution >= 4 is 11.7 Å². The van der Waals surface area contributed by atoms with Crippen LogP contribution in [0.5, 0.6) is 0 Å². The zero-order valence-corrected chi connectivity index (χ0v) is 13.5. The van der Waals surface area contributed by atoms with Crippen LogP contribution in [0.25, 0.3) is 0 Å². The van der Waals surface area contributed by atoms with Gasteiger partial charge in [0.25, 0.3) is 5.69 Å². The Kier molecular flexibility index (Phi) is 5.03. The second kappa shape index (κ2) is 7.57. The molecule has 0 radical (unpaired) electrons. The van der Waals surface area contributed by atoms with Gasteiger partial charge in [0, 0.05) is 6.07 Å². The maximum atomic E-state index is 14.1. The van der Waals surface area contributed by atoms with Crippen LogP contribution in [0.3, 0.4) is 0 Å². The number of nitrogens with zero attached hydrogens (tertiary/aromatic N) is 1. The molecular weight excluding hydrogens is 337 g/mol. The van der Waals surface area contributed by atoms with Crippen molar-refractivity contribution in [1.82, 2.24) is 0 Å². The summed E-state index contributed by atoms with van der Waals surface area (Å²) in [5, 5.41) is 10.7. The van der Waals surface area contributed by atoms with E-state index < -0.39 is 28.5 Å². The first kappa shape index (κ1) is 17.3. The van der Waals surface area contributed by atoms with Crippen molar-refractivity contribution < 1.29 is 18.8 Å². The van der Waals surface area contributed by atoms with E-state index in [1.807, 2.05) is 36.4 Å². The topological polar surface area (TPSA) is 69.4 Å². The number of carbonyl (C=O) groups excluding carboxylic acids is 1. The average Bonchev–Trinajstić information content (AvgIpc) is 2.67. The molecule has 3 aromatic carbocycles. The molecule has 3 aromatic rings. The van der Waals surface area contributed by atoms with Gasteiger partial charge in [0.1, 0.15) is 5.82 Å². The predicted octanol–water partition coefficient (Wildman–Crippen LogP) is 4.68. The number of carbonyl (C=O) groups is 1. The van der Waals surface area contributed by atoms with Gasteiger partial charge in [0.05, 0.1) is 16.6 Å². The van der Waals surface area contributed by atoms with Crippen LogP contribution in [0.15, 0.2) is 78.9 Å². The minimum atomic E-state index is -0.996. The lowest BCUT2D eigenvalue weighted by Crippen LogP contribution is -2.14. The minimum Gasteiger partial charge on any atom is -0.449 e. The first-order valence-electron chi connectivity index (χ1n) is 7.81. The number of hydrogen-bond acceptors (Lipinski definition) is 4. The van der Waals surface area contributed by atoms with Gasteiger partial charge in [0.15, 0.2) is 6.10 Å². The second-order valence-corrected chi connectivity index (χ2v) is 5.53. The molecule has 0 N–H and O–H groups in total. The number of nitro benzene ring substituents is 1. The molecule has 0 unspecified atom stereocenters. The lowest BCUT2D eigenvalue weighted by molar-refractivity contribution is -0.385. The van der Waals surface area contributed by atoms with E-state index in [1.54, 1.807) is 24.3 Å². The molecule has 26 heavy (non-hydrogen) atoms. The summed E-state index contributed by atoms with van der Waals surface area (Å²) >= 11 is 0. The maximum absolute atomic E-state index is 14.1. The molecule has 0 heterocycles. The zero-order valence-electron chi connectivity index (χ0n) is 13.5. The Bertz CT molecular complexity index is 890. The van der Waals surface area contributed by atoms with E-state index in [4.69, 9.17) is 4.74 Å². The van der Waals surface area contributed by atoms with Crippen LogP contribution in [0.4, 0.5) is 10.1 Å². The lowest BCUT2D eigenvalue weighted by atomic mass is 10.0. The highest BCUT2D eigenvalue weighted by Crippen LogP contribution is 2.28. The number of benzene rings is 3. The van der Waals surface area contributed by atoms with Gasteiger partial charge in [-0.1, -0.05) is 60.7 Å². The lowest BCUT2D eigenvalue weighted by Gasteiger charge is -2.19. The molecular formula is C20H14FNO4. The van der Waals surface area contributed by atoms with E-state index in [1.165, 1.54) is 0 Å². The molecule has 0 saturated carbocycles.